The standard InChI is InChI=1S/C51H34O2S/c1-2-10-41-44-27-34-22-24-46-50(43(34)29-45(44)53-51(41)52)42-23-21-36(28-47(42)54-46)49-39-15-8-6-13-37(39)48(38-14-7-9-16-40(38)49)35-20-19-32-25-31(17-18-33(32)26-35)30-11-4-3-5-12-30/h2-16,19-29,52H,17-18H2,1H3/b10-2-. The smallest absolute Gasteiger partial charge is 0.290 e. The van der Waals surface area contributed by atoms with E-state index in [9.17, 15) is 5.11 Å². The van der Waals surface area contributed by atoms with Gasteiger partial charge in [0.1, 0.15) is 5.58 Å². The molecule has 0 fully saturated rings. The molecule has 8 aromatic carbocycles. The van der Waals surface area contributed by atoms with Crippen LogP contribution in [0.5, 0.6) is 5.95 Å². The molecular formula is C51H34O2S. The van der Waals surface area contributed by atoms with E-state index in [-0.39, 0.29) is 5.95 Å². The third-order valence-electron chi connectivity index (χ3n) is 11.4. The Labute approximate surface area is 316 Å². The Bertz CT molecular complexity index is 3170. The van der Waals surface area contributed by atoms with Crippen LogP contribution >= 0.6 is 11.3 Å². The molecule has 1 aliphatic rings. The van der Waals surface area contributed by atoms with Crippen molar-refractivity contribution in [1.29, 1.82) is 0 Å². The Morgan fingerprint density at radius 2 is 1.26 bits per heavy atom. The summed E-state index contributed by atoms with van der Waals surface area (Å²) in [4.78, 5) is 0. The third-order valence-corrected chi connectivity index (χ3v) is 12.5. The molecule has 0 saturated heterocycles. The highest BCUT2D eigenvalue weighted by atomic mass is 32.1. The second kappa shape index (κ2) is 12.1. The van der Waals surface area contributed by atoms with E-state index in [0.29, 0.717) is 5.58 Å². The maximum atomic E-state index is 10.6. The molecule has 2 nitrogen and oxygen atoms in total. The number of thiophene rings is 1. The number of rotatable bonds is 4. The highest BCUT2D eigenvalue weighted by Gasteiger charge is 2.20. The monoisotopic (exact) mass is 710 g/mol. The van der Waals surface area contributed by atoms with Gasteiger partial charge < -0.3 is 9.52 Å². The minimum Gasteiger partial charge on any atom is -0.480 e. The van der Waals surface area contributed by atoms with Crippen LogP contribution in [0.3, 0.4) is 0 Å². The van der Waals surface area contributed by atoms with Crippen molar-refractivity contribution in [3.05, 3.63) is 168 Å². The molecule has 0 bridgehead atoms. The van der Waals surface area contributed by atoms with Crippen LogP contribution in [0.25, 0.3) is 103 Å². The van der Waals surface area contributed by atoms with Gasteiger partial charge in [-0.05, 0) is 121 Å². The molecule has 11 rings (SSSR count). The second-order valence-corrected chi connectivity index (χ2v) is 15.5. The topological polar surface area (TPSA) is 33.4 Å². The largest absolute Gasteiger partial charge is 0.480 e. The lowest BCUT2D eigenvalue weighted by Crippen LogP contribution is -2.00. The van der Waals surface area contributed by atoms with Crippen molar-refractivity contribution in [2.75, 3.05) is 0 Å². The molecule has 0 radical (unpaired) electrons. The van der Waals surface area contributed by atoms with Gasteiger partial charge in [0.05, 0.1) is 5.56 Å². The van der Waals surface area contributed by atoms with Crippen molar-refractivity contribution in [3.63, 3.8) is 0 Å². The first kappa shape index (κ1) is 31.1. The van der Waals surface area contributed by atoms with Crippen LogP contribution in [0.2, 0.25) is 0 Å². The number of allylic oxidation sites excluding steroid dienone is 2. The van der Waals surface area contributed by atoms with E-state index >= 15 is 0 Å². The molecule has 1 aliphatic carbocycles. The highest BCUT2D eigenvalue weighted by Crippen LogP contribution is 2.47. The first-order chi connectivity index (χ1) is 26.6. The second-order valence-electron chi connectivity index (χ2n) is 14.4. The van der Waals surface area contributed by atoms with Gasteiger partial charge in [-0.15, -0.1) is 11.3 Å². The van der Waals surface area contributed by atoms with Crippen molar-refractivity contribution < 1.29 is 9.52 Å². The van der Waals surface area contributed by atoms with Gasteiger partial charge in [-0.1, -0.05) is 133 Å². The fourth-order valence-corrected chi connectivity index (χ4v) is 10.1. The molecule has 0 amide bonds. The first-order valence-electron chi connectivity index (χ1n) is 18.6. The zero-order valence-corrected chi connectivity index (χ0v) is 30.5. The molecule has 2 heterocycles. The van der Waals surface area contributed by atoms with Crippen molar-refractivity contribution in [1.82, 2.24) is 0 Å². The van der Waals surface area contributed by atoms with Gasteiger partial charge in [0.15, 0.2) is 0 Å². The summed E-state index contributed by atoms with van der Waals surface area (Å²) in [6.45, 7) is 1.95. The van der Waals surface area contributed by atoms with Gasteiger partial charge in [-0.3, -0.25) is 0 Å². The summed E-state index contributed by atoms with van der Waals surface area (Å²) in [5.41, 5.74) is 11.9. The van der Waals surface area contributed by atoms with Crippen molar-refractivity contribution >= 4 is 92.5 Å². The number of hydrogen-bond acceptors (Lipinski definition) is 3. The highest BCUT2D eigenvalue weighted by molar-refractivity contribution is 7.26. The number of furan rings is 1. The molecule has 54 heavy (non-hydrogen) atoms. The van der Waals surface area contributed by atoms with Crippen LogP contribution in [0.4, 0.5) is 0 Å². The molecule has 0 aliphatic heterocycles. The summed E-state index contributed by atoms with van der Waals surface area (Å²) < 4.78 is 8.34. The van der Waals surface area contributed by atoms with Gasteiger partial charge >= 0.3 is 0 Å². The maximum absolute atomic E-state index is 10.6. The van der Waals surface area contributed by atoms with Gasteiger partial charge in [0.2, 0.25) is 0 Å². The lowest BCUT2D eigenvalue weighted by atomic mass is 9.83. The molecule has 3 heteroatoms. The molecule has 0 spiro atoms. The Kier molecular flexibility index (Phi) is 6.95. The number of aryl methyl sites for hydroxylation is 1. The fraction of sp³-hybridized carbons (Fsp3) is 0.0588. The van der Waals surface area contributed by atoms with E-state index in [4.69, 9.17) is 4.42 Å². The fourth-order valence-electron chi connectivity index (χ4n) is 8.96. The first-order valence-corrected chi connectivity index (χ1v) is 19.4. The van der Waals surface area contributed by atoms with Crippen LogP contribution in [-0.4, -0.2) is 5.11 Å². The summed E-state index contributed by atoms with van der Waals surface area (Å²) in [5, 5.41) is 21.3. The summed E-state index contributed by atoms with van der Waals surface area (Å²) in [6, 6.07) is 51.4. The summed E-state index contributed by atoms with van der Waals surface area (Å²) in [7, 11) is 0. The van der Waals surface area contributed by atoms with Gasteiger partial charge in [-0.2, -0.15) is 0 Å². The van der Waals surface area contributed by atoms with Crippen LogP contribution in [0.1, 0.15) is 35.6 Å². The van der Waals surface area contributed by atoms with E-state index in [1.54, 1.807) is 0 Å². The SMILES string of the molecule is C/C=C\c1c(O)oc2cc3c(ccc4sc5cc(-c6c7ccccc7c(-c7ccc8c(c7)CCC(c7ccccc7)=C8)c7ccccc67)ccc5c43)cc12. The molecule has 0 unspecified atom stereocenters. The van der Waals surface area contributed by atoms with Crippen LogP contribution in [0, 0.1) is 0 Å². The quantitative estimate of drug-likeness (QED) is 0.185. The van der Waals surface area contributed by atoms with Crippen molar-refractivity contribution in [3.8, 4) is 28.2 Å². The van der Waals surface area contributed by atoms with E-state index in [1.807, 2.05) is 30.4 Å². The number of hydrogen-bond donors (Lipinski definition) is 1. The molecular weight excluding hydrogens is 677 g/mol. The van der Waals surface area contributed by atoms with Gasteiger partial charge in [-0.25, -0.2) is 0 Å². The van der Waals surface area contributed by atoms with Crippen LogP contribution in [-0.2, 0) is 6.42 Å². The molecule has 0 saturated carbocycles. The molecule has 1 N–H and O–H groups in total. The van der Waals surface area contributed by atoms with Crippen molar-refractivity contribution in [2.24, 2.45) is 0 Å². The van der Waals surface area contributed by atoms with Gasteiger partial charge in [0.25, 0.3) is 5.95 Å². The molecule has 256 valence electrons. The number of fused-ring (bicyclic) bond motifs is 9. The third kappa shape index (κ3) is 4.72. The summed E-state index contributed by atoms with van der Waals surface area (Å²) in [6.07, 6.45) is 8.29. The Morgan fingerprint density at radius 1 is 0.574 bits per heavy atom. The van der Waals surface area contributed by atoms with Gasteiger partial charge in [0, 0.05) is 25.6 Å². The van der Waals surface area contributed by atoms with Crippen LogP contribution in [0.15, 0.2) is 150 Å². The molecule has 0 atom stereocenters. The predicted octanol–water partition coefficient (Wildman–Crippen LogP) is 14.8. The maximum Gasteiger partial charge on any atom is 0.290 e. The predicted molar refractivity (Wildman–Crippen MR) is 231 cm³/mol. The van der Waals surface area contributed by atoms with E-state index in [0.717, 1.165) is 34.6 Å². The zero-order chi connectivity index (χ0) is 35.9. The van der Waals surface area contributed by atoms with E-state index < -0.39 is 0 Å². The minimum atomic E-state index is -0.0406. The summed E-state index contributed by atoms with van der Waals surface area (Å²) >= 11 is 1.83. The Balaban J connectivity index is 1.08. The number of aromatic hydroxyl groups is 1. The lowest BCUT2D eigenvalue weighted by molar-refractivity contribution is 0.345. The van der Waals surface area contributed by atoms with E-state index in [2.05, 4.69) is 146 Å². The Morgan fingerprint density at radius 3 is 1.98 bits per heavy atom. The average molecular weight is 711 g/mol. The van der Waals surface area contributed by atoms with Crippen LogP contribution < -0.4 is 0 Å². The Hall–Kier alpha value is -6.42. The normalized spacial score (nSPS) is 13.2. The molecule has 10 aromatic rings. The lowest BCUT2D eigenvalue weighted by Gasteiger charge is -2.21. The minimum absolute atomic E-state index is 0.0406. The number of benzene rings is 8. The zero-order valence-electron chi connectivity index (χ0n) is 29.7. The van der Waals surface area contributed by atoms with Crippen molar-refractivity contribution in [2.45, 2.75) is 19.8 Å². The molecule has 2 aromatic heterocycles. The summed E-state index contributed by atoms with van der Waals surface area (Å²) in [5.74, 6) is -0.0406. The van der Waals surface area contributed by atoms with E-state index in [1.165, 1.54) is 86.2 Å². The average Bonchev–Trinajstić information content (AvgIpc) is 3.74.